The number of aliphatic carboxylic acids is 1. The molecular weight excluding hydrogens is 273 g/mol. The molecule has 1 N–H and O–H groups in total. The smallest absolute Gasteiger partial charge is 0.328 e. The Morgan fingerprint density at radius 1 is 1.48 bits per heavy atom. The van der Waals surface area contributed by atoms with Gasteiger partial charge in [0.25, 0.3) is 0 Å². The van der Waals surface area contributed by atoms with E-state index in [0.717, 1.165) is 32.0 Å². The van der Waals surface area contributed by atoms with Crippen LogP contribution in [-0.4, -0.2) is 42.3 Å². The fraction of sp³-hybridized carbons (Fsp3) is 0.438. The van der Waals surface area contributed by atoms with Gasteiger partial charge in [-0.2, -0.15) is 0 Å². The fourth-order valence-corrected chi connectivity index (χ4v) is 2.51. The Kier molecular flexibility index (Phi) is 5.47. The van der Waals surface area contributed by atoms with Crippen molar-refractivity contribution in [2.45, 2.75) is 25.5 Å². The molecule has 5 heteroatoms. The Bertz CT molecular complexity index is 522. The molecule has 1 aliphatic rings. The Labute approximate surface area is 123 Å². The van der Waals surface area contributed by atoms with Gasteiger partial charge < -0.3 is 9.84 Å². The van der Waals surface area contributed by atoms with Gasteiger partial charge in [-0.05, 0) is 30.5 Å². The Balaban J connectivity index is 1.97. The lowest BCUT2D eigenvalue weighted by molar-refractivity contribution is -0.131. The molecule has 0 amide bonds. The minimum atomic E-state index is -1.04. The van der Waals surface area contributed by atoms with Crippen molar-refractivity contribution in [3.05, 3.63) is 41.2 Å². The number of likely N-dealkylation sites (tertiary alicyclic amines) is 1. The molecule has 21 heavy (non-hydrogen) atoms. The summed E-state index contributed by atoms with van der Waals surface area (Å²) < 4.78 is 19.4. The number of hydrogen-bond acceptors (Lipinski definition) is 3. The van der Waals surface area contributed by atoms with Gasteiger partial charge in [-0.1, -0.05) is 12.1 Å². The second-order valence-electron chi connectivity index (χ2n) is 5.23. The predicted octanol–water partition coefficient (Wildman–Crippen LogP) is 2.53. The summed E-state index contributed by atoms with van der Waals surface area (Å²) >= 11 is 0. The van der Waals surface area contributed by atoms with Crippen LogP contribution in [0.3, 0.4) is 0 Å². The number of carboxylic acids is 1. The van der Waals surface area contributed by atoms with Gasteiger partial charge in [-0.3, -0.25) is 4.90 Å². The average molecular weight is 293 g/mol. The number of nitrogens with zero attached hydrogens (tertiary/aromatic N) is 1. The summed E-state index contributed by atoms with van der Waals surface area (Å²) in [6.07, 6.45) is 4.65. The van der Waals surface area contributed by atoms with Gasteiger partial charge in [0.1, 0.15) is 5.82 Å². The molecule has 114 valence electrons. The average Bonchev–Trinajstić information content (AvgIpc) is 2.48. The van der Waals surface area contributed by atoms with Crippen molar-refractivity contribution >= 4 is 12.0 Å². The SMILES string of the molecule is COC1CCN(Cc2ccc(C=CC(=O)O)cc2F)CC1. The topological polar surface area (TPSA) is 49.8 Å². The third-order valence-corrected chi connectivity index (χ3v) is 3.76. The number of ether oxygens (including phenoxy) is 1. The Hall–Kier alpha value is -1.72. The van der Waals surface area contributed by atoms with Crippen LogP contribution < -0.4 is 0 Å². The number of rotatable bonds is 5. The molecule has 0 radical (unpaired) electrons. The molecule has 0 aliphatic carbocycles. The maximum absolute atomic E-state index is 14.0. The number of methoxy groups -OCH3 is 1. The van der Waals surface area contributed by atoms with E-state index in [0.29, 0.717) is 23.8 Å². The number of carbonyl (C=O) groups is 1. The van der Waals surface area contributed by atoms with Crippen molar-refractivity contribution in [1.29, 1.82) is 0 Å². The maximum atomic E-state index is 14.0. The van der Waals surface area contributed by atoms with Gasteiger partial charge in [0, 0.05) is 38.4 Å². The monoisotopic (exact) mass is 293 g/mol. The first-order valence-electron chi connectivity index (χ1n) is 7.03. The van der Waals surface area contributed by atoms with Crippen molar-refractivity contribution < 1.29 is 19.0 Å². The molecule has 0 spiro atoms. The van der Waals surface area contributed by atoms with Crippen LogP contribution in [0.15, 0.2) is 24.3 Å². The van der Waals surface area contributed by atoms with Crippen LogP contribution in [0.1, 0.15) is 24.0 Å². The fourth-order valence-electron chi connectivity index (χ4n) is 2.51. The van der Waals surface area contributed by atoms with Gasteiger partial charge in [0.2, 0.25) is 0 Å². The van der Waals surface area contributed by atoms with E-state index in [4.69, 9.17) is 9.84 Å². The van der Waals surface area contributed by atoms with E-state index in [-0.39, 0.29) is 5.82 Å². The quantitative estimate of drug-likeness (QED) is 0.848. The van der Waals surface area contributed by atoms with Crippen molar-refractivity contribution in [2.75, 3.05) is 20.2 Å². The van der Waals surface area contributed by atoms with Crippen molar-refractivity contribution in [1.82, 2.24) is 4.90 Å². The number of piperidine rings is 1. The lowest BCUT2D eigenvalue weighted by Crippen LogP contribution is -2.36. The molecule has 4 nitrogen and oxygen atoms in total. The van der Waals surface area contributed by atoms with Crippen molar-refractivity contribution in [2.24, 2.45) is 0 Å². The first kappa shape index (κ1) is 15.7. The maximum Gasteiger partial charge on any atom is 0.328 e. The van der Waals surface area contributed by atoms with Gasteiger partial charge in [0.15, 0.2) is 0 Å². The van der Waals surface area contributed by atoms with E-state index >= 15 is 0 Å². The first-order valence-corrected chi connectivity index (χ1v) is 7.03. The van der Waals surface area contributed by atoms with Crippen LogP contribution in [0.25, 0.3) is 6.08 Å². The van der Waals surface area contributed by atoms with E-state index < -0.39 is 5.97 Å². The standard InChI is InChI=1S/C16H20FNO3/c1-21-14-6-8-18(9-7-14)11-13-4-2-12(10-15(13)17)3-5-16(19)20/h2-5,10,14H,6-9,11H2,1H3,(H,19,20). The molecular formula is C16H20FNO3. The Morgan fingerprint density at radius 2 is 2.19 bits per heavy atom. The summed E-state index contributed by atoms with van der Waals surface area (Å²) in [4.78, 5) is 12.7. The summed E-state index contributed by atoms with van der Waals surface area (Å²) in [5.74, 6) is -1.34. The summed E-state index contributed by atoms with van der Waals surface area (Å²) in [6.45, 7) is 2.38. The van der Waals surface area contributed by atoms with Crippen LogP contribution in [0.2, 0.25) is 0 Å². The van der Waals surface area contributed by atoms with E-state index in [9.17, 15) is 9.18 Å². The highest BCUT2D eigenvalue weighted by atomic mass is 19.1. The number of carboxylic acid groups (broad SMARTS) is 1. The molecule has 1 aromatic rings. The highest BCUT2D eigenvalue weighted by Crippen LogP contribution is 2.18. The first-order chi connectivity index (χ1) is 10.1. The summed E-state index contributed by atoms with van der Waals surface area (Å²) in [6, 6.07) is 4.83. The summed E-state index contributed by atoms with van der Waals surface area (Å²) in [5, 5.41) is 8.56. The van der Waals surface area contributed by atoms with Crippen molar-refractivity contribution in [3.8, 4) is 0 Å². The van der Waals surface area contributed by atoms with Gasteiger partial charge in [0.05, 0.1) is 6.10 Å². The normalized spacial score (nSPS) is 17.4. The second kappa shape index (κ2) is 7.33. The molecule has 1 heterocycles. The molecule has 1 aromatic carbocycles. The highest BCUT2D eigenvalue weighted by Gasteiger charge is 2.19. The molecule has 1 aliphatic heterocycles. The van der Waals surface area contributed by atoms with Crippen LogP contribution >= 0.6 is 0 Å². The van der Waals surface area contributed by atoms with E-state index in [2.05, 4.69) is 4.90 Å². The Morgan fingerprint density at radius 3 is 2.76 bits per heavy atom. The van der Waals surface area contributed by atoms with Crippen molar-refractivity contribution in [3.63, 3.8) is 0 Å². The molecule has 1 saturated heterocycles. The van der Waals surface area contributed by atoms with Crippen LogP contribution in [0.5, 0.6) is 0 Å². The molecule has 0 atom stereocenters. The number of benzene rings is 1. The third kappa shape index (κ3) is 4.65. The predicted molar refractivity (Wildman–Crippen MR) is 78.4 cm³/mol. The minimum absolute atomic E-state index is 0.295. The second-order valence-corrected chi connectivity index (χ2v) is 5.23. The molecule has 2 rings (SSSR count). The summed E-state index contributed by atoms with van der Waals surface area (Å²) in [5.41, 5.74) is 1.19. The van der Waals surface area contributed by atoms with Crippen LogP contribution in [0, 0.1) is 5.82 Å². The highest BCUT2D eigenvalue weighted by molar-refractivity contribution is 5.85. The minimum Gasteiger partial charge on any atom is -0.478 e. The molecule has 0 bridgehead atoms. The lowest BCUT2D eigenvalue weighted by atomic mass is 10.1. The molecule has 0 unspecified atom stereocenters. The van der Waals surface area contributed by atoms with Gasteiger partial charge >= 0.3 is 5.97 Å². The zero-order valence-electron chi connectivity index (χ0n) is 12.1. The van der Waals surface area contributed by atoms with E-state index in [1.54, 1.807) is 19.2 Å². The lowest BCUT2D eigenvalue weighted by Gasteiger charge is -2.31. The molecule has 1 fully saturated rings. The largest absolute Gasteiger partial charge is 0.478 e. The van der Waals surface area contributed by atoms with E-state index in [1.165, 1.54) is 12.1 Å². The third-order valence-electron chi connectivity index (χ3n) is 3.76. The zero-order chi connectivity index (χ0) is 15.2. The molecule has 0 aromatic heterocycles. The number of hydrogen-bond donors (Lipinski definition) is 1. The number of halogens is 1. The van der Waals surface area contributed by atoms with Gasteiger partial charge in [-0.15, -0.1) is 0 Å². The van der Waals surface area contributed by atoms with Gasteiger partial charge in [-0.25, -0.2) is 9.18 Å². The summed E-state index contributed by atoms with van der Waals surface area (Å²) in [7, 11) is 1.73. The van der Waals surface area contributed by atoms with E-state index in [1.807, 2.05) is 0 Å². The van der Waals surface area contributed by atoms with Crippen LogP contribution in [-0.2, 0) is 16.1 Å². The zero-order valence-corrected chi connectivity index (χ0v) is 12.1. The molecule has 0 saturated carbocycles. The van der Waals surface area contributed by atoms with Crippen LogP contribution in [0.4, 0.5) is 4.39 Å².